The van der Waals surface area contributed by atoms with Crippen LogP contribution in [0.1, 0.15) is 122 Å². The quantitative estimate of drug-likeness (QED) is 0.108. The van der Waals surface area contributed by atoms with Crippen molar-refractivity contribution in [1.82, 2.24) is 4.57 Å². The van der Waals surface area contributed by atoms with Crippen molar-refractivity contribution >= 4 is 28.6 Å². The van der Waals surface area contributed by atoms with Gasteiger partial charge in [-0.3, -0.25) is 4.79 Å². The van der Waals surface area contributed by atoms with Gasteiger partial charge in [-0.15, -0.1) is 0 Å². The number of unbranched alkanes of at least 4 members (excludes halogenated alkanes) is 10. The molecule has 0 bridgehead atoms. The second kappa shape index (κ2) is 16.5. The molecular formula is C33H43NO6. The topological polar surface area (TPSA) is 106 Å². The van der Waals surface area contributed by atoms with Crippen LogP contribution in [0.5, 0.6) is 5.75 Å². The van der Waals surface area contributed by atoms with E-state index in [-0.39, 0.29) is 17.0 Å². The maximum Gasteiger partial charge on any atom is 0.353 e. The summed E-state index contributed by atoms with van der Waals surface area (Å²) in [5, 5.41) is 19.8. The van der Waals surface area contributed by atoms with Crippen molar-refractivity contribution in [2.24, 2.45) is 0 Å². The molecule has 0 radical (unpaired) electrons. The maximum atomic E-state index is 13.3. The number of fused-ring (bicyclic) bond motifs is 1. The van der Waals surface area contributed by atoms with Crippen LogP contribution in [0, 0.1) is 0 Å². The zero-order chi connectivity index (χ0) is 28.7. The number of para-hydroxylation sites is 1. The third-order valence-electron chi connectivity index (χ3n) is 7.36. The van der Waals surface area contributed by atoms with Crippen molar-refractivity contribution in [1.29, 1.82) is 0 Å². The van der Waals surface area contributed by atoms with Gasteiger partial charge in [0.15, 0.2) is 5.78 Å². The van der Waals surface area contributed by atoms with E-state index in [1.165, 1.54) is 50.7 Å². The molecule has 0 aliphatic heterocycles. The number of nitrogens with zero attached hydrogens (tertiary/aromatic N) is 1. The molecule has 0 saturated carbocycles. The number of carboxylic acid groups (broad SMARTS) is 2. The number of carboxylic acids is 2. The van der Waals surface area contributed by atoms with Gasteiger partial charge in [0.2, 0.25) is 0 Å². The monoisotopic (exact) mass is 549 g/mol. The van der Waals surface area contributed by atoms with Gasteiger partial charge < -0.3 is 19.5 Å². The van der Waals surface area contributed by atoms with Crippen LogP contribution in [0.4, 0.5) is 0 Å². The zero-order valence-electron chi connectivity index (χ0n) is 23.7. The number of carbonyl (C=O) groups excluding carboxylic acids is 1. The van der Waals surface area contributed by atoms with E-state index in [2.05, 4.69) is 6.92 Å². The number of ether oxygens (including phenoxy) is 1. The summed E-state index contributed by atoms with van der Waals surface area (Å²) in [6.07, 6.45) is 13.2. The number of aromatic nitrogens is 1. The lowest BCUT2D eigenvalue weighted by Crippen LogP contribution is -2.13. The van der Waals surface area contributed by atoms with Crippen LogP contribution in [-0.4, -0.2) is 39.1 Å². The van der Waals surface area contributed by atoms with Gasteiger partial charge in [0.25, 0.3) is 0 Å². The normalized spacial score (nSPS) is 11.1. The van der Waals surface area contributed by atoms with E-state index in [4.69, 9.17) is 9.84 Å². The number of hydrogen-bond acceptors (Lipinski definition) is 4. The van der Waals surface area contributed by atoms with Crippen LogP contribution in [0.3, 0.4) is 0 Å². The second-order valence-electron chi connectivity index (χ2n) is 10.4. The molecule has 3 aromatic rings. The molecule has 0 aliphatic rings. The Hall–Kier alpha value is -3.61. The molecule has 2 aromatic carbocycles. The Labute approximate surface area is 237 Å². The molecule has 1 heterocycles. The Kier molecular flexibility index (Phi) is 12.7. The Morgan fingerprint density at radius 2 is 1.35 bits per heavy atom. The number of aromatic carboxylic acids is 2. The average molecular weight is 550 g/mol. The minimum atomic E-state index is -1.07. The molecule has 40 heavy (non-hydrogen) atoms. The molecule has 0 fully saturated rings. The summed E-state index contributed by atoms with van der Waals surface area (Å²) in [6.45, 7) is 3.20. The number of carbonyl (C=O) groups is 3. The van der Waals surface area contributed by atoms with Crippen molar-refractivity contribution in [3.05, 3.63) is 65.4 Å². The SMILES string of the molecule is CCCCCCCCCCCC(=O)c1c(C(=O)O)n(CCCCCOc2ccc(C(=O)O)cc2)c2ccccc12. The summed E-state index contributed by atoms with van der Waals surface area (Å²) in [5.74, 6) is -1.51. The van der Waals surface area contributed by atoms with Gasteiger partial charge in [0, 0.05) is 23.9 Å². The minimum absolute atomic E-state index is 0.0855. The summed E-state index contributed by atoms with van der Waals surface area (Å²) < 4.78 is 7.49. The van der Waals surface area contributed by atoms with Crippen molar-refractivity contribution in [2.45, 2.75) is 96.9 Å². The molecular weight excluding hydrogens is 506 g/mol. The molecule has 0 unspecified atom stereocenters. The molecule has 216 valence electrons. The molecule has 1 aromatic heterocycles. The largest absolute Gasteiger partial charge is 0.494 e. The van der Waals surface area contributed by atoms with Crippen LogP contribution in [0.2, 0.25) is 0 Å². The Balaban J connectivity index is 1.53. The Morgan fingerprint density at radius 3 is 2.00 bits per heavy atom. The Morgan fingerprint density at radius 1 is 0.725 bits per heavy atom. The van der Waals surface area contributed by atoms with Gasteiger partial charge in [-0.05, 0) is 56.0 Å². The number of ketones is 1. The van der Waals surface area contributed by atoms with Gasteiger partial charge in [-0.1, -0.05) is 76.5 Å². The second-order valence-corrected chi connectivity index (χ2v) is 10.4. The fraction of sp³-hybridized carbons (Fsp3) is 0.485. The number of benzene rings is 2. The fourth-order valence-electron chi connectivity index (χ4n) is 5.19. The average Bonchev–Trinajstić information content (AvgIpc) is 3.29. The summed E-state index contributed by atoms with van der Waals surface area (Å²) in [4.78, 5) is 36.6. The van der Waals surface area contributed by atoms with Crippen LogP contribution in [0.25, 0.3) is 10.9 Å². The number of aryl methyl sites for hydroxylation is 1. The minimum Gasteiger partial charge on any atom is -0.494 e. The summed E-state index contributed by atoms with van der Waals surface area (Å²) in [6, 6.07) is 13.8. The molecule has 0 amide bonds. The van der Waals surface area contributed by atoms with Gasteiger partial charge >= 0.3 is 11.9 Å². The molecule has 0 atom stereocenters. The molecule has 0 saturated heterocycles. The maximum absolute atomic E-state index is 13.3. The Bertz CT molecular complexity index is 1240. The molecule has 2 N–H and O–H groups in total. The fourth-order valence-corrected chi connectivity index (χ4v) is 5.19. The third-order valence-corrected chi connectivity index (χ3v) is 7.36. The van der Waals surface area contributed by atoms with Crippen LogP contribution in [-0.2, 0) is 6.54 Å². The lowest BCUT2D eigenvalue weighted by Gasteiger charge is -2.10. The van der Waals surface area contributed by atoms with Gasteiger partial charge in [0.1, 0.15) is 11.4 Å². The third kappa shape index (κ3) is 8.97. The van der Waals surface area contributed by atoms with E-state index < -0.39 is 11.9 Å². The van der Waals surface area contributed by atoms with Crippen molar-refractivity contribution < 1.29 is 29.3 Å². The van der Waals surface area contributed by atoms with E-state index in [1.807, 2.05) is 24.3 Å². The lowest BCUT2D eigenvalue weighted by atomic mass is 10.0. The molecule has 7 heteroatoms. The van der Waals surface area contributed by atoms with Crippen molar-refractivity contribution in [3.8, 4) is 5.75 Å². The molecule has 0 aliphatic carbocycles. The molecule has 3 rings (SSSR count). The predicted octanol–water partition coefficient (Wildman–Crippen LogP) is 8.39. The van der Waals surface area contributed by atoms with Gasteiger partial charge in [-0.25, -0.2) is 9.59 Å². The molecule has 7 nitrogen and oxygen atoms in total. The number of Topliss-reactive ketones (excluding diaryl/α,β-unsaturated/α-hetero) is 1. The van der Waals surface area contributed by atoms with E-state index in [1.54, 1.807) is 16.7 Å². The van der Waals surface area contributed by atoms with E-state index in [0.717, 1.165) is 44.0 Å². The lowest BCUT2D eigenvalue weighted by molar-refractivity contribution is 0.0675. The van der Waals surface area contributed by atoms with Crippen LogP contribution < -0.4 is 4.74 Å². The first kappa shape index (κ1) is 30.9. The predicted molar refractivity (Wildman–Crippen MR) is 158 cm³/mol. The van der Waals surface area contributed by atoms with Crippen LogP contribution in [0.15, 0.2) is 48.5 Å². The highest BCUT2D eigenvalue weighted by Crippen LogP contribution is 2.29. The smallest absolute Gasteiger partial charge is 0.353 e. The first-order chi connectivity index (χ1) is 19.4. The highest BCUT2D eigenvalue weighted by Gasteiger charge is 2.26. The van der Waals surface area contributed by atoms with E-state index in [0.29, 0.717) is 36.3 Å². The first-order valence-corrected chi connectivity index (χ1v) is 14.8. The number of hydrogen-bond donors (Lipinski definition) is 2. The van der Waals surface area contributed by atoms with Gasteiger partial charge in [0.05, 0.1) is 17.7 Å². The van der Waals surface area contributed by atoms with E-state index >= 15 is 0 Å². The number of rotatable bonds is 20. The summed E-state index contributed by atoms with van der Waals surface area (Å²) in [5.41, 5.74) is 1.43. The summed E-state index contributed by atoms with van der Waals surface area (Å²) >= 11 is 0. The highest BCUT2D eigenvalue weighted by atomic mass is 16.5. The van der Waals surface area contributed by atoms with E-state index in [9.17, 15) is 19.5 Å². The van der Waals surface area contributed by atoms with Crippen LogP contribution >= 0.6 is 0 Å². The van der Waals surface area contributed by atoms with Crippen molar-refractivity contribution in [3.63, 3.8) is 0 Å². The standard InChI is InChI=1S/C33H43NO6/c1-2-3-4-5-6-7-8-9-11-18-29(35)30-27-16-12-13-17-28(27)34(31(30)33(38)39)23-14-10-15-24-40-26-21-19-25(20-22-26)32(36)37/h12-13,16-17,19-22H,2-11,14-15,18,23-24H2,1H3,(H,36,37)(H,38,39). The highest BCUT2D eigenvalue weighted by molar-refractivity contribution is 6.15. The van der Waals surface area contributed by atoms with Crippen molar-refractivity contribution in [2.75, 3.05) is 6.61 Å². The van der Waals surface area contributed by atoms with Gasteiger partial charge in [-0.2, -0.15) is 0 Å². The first-order valence-electron chi connectivity index (χ1n) is 14.8. The summed E-state index contributed by atoms with van der Waals surface area (Å²) in [7, 11) is 0. The zero-order valence-corrected chi connectivity index (χ0v) is 23.7. The molecule has 0 spiro atoms.